The lowest BCUT2D eigenvalue weighted by Crippen LogP contribution is -2.45. The molecule has 3 rings (SSSR count). The third-order valence-electron chi connectivity index (χ3n) is 6.52. The summed E-state index contributed by atoms with van der Waals surface area (Å²) < 4.78 is 60.3. The van der Waals surface area contributed by atoms with Crippen LogP contribution >= 0.6 is 11.6 Å². The maximum atomic E-state index is 15.1. The normalized spacial score (nSPS) is 23.7. The number of esters is 1. The van der Waals surface area contributed by atoms with E-state index in [9.17, 15) is 17.6 Å². The second-order valence-electron chi connectivity index (χ2n) is 8.85. The molecule has 8 heteroatoms. The molecule has 0 saturated heterocycles. The molecule has 174 valence electrons. The summed E-state index contributed by atoms with van der Waals surface area (Å²) in [6, 6.07) is 8.72. The van der Waals surface area contributed by atoms with Crippen LogP contribution in [0.15, 0.2) is 47.4 Å². The van der Waals surface area contributed by atoms with Gasteiger partial charge in [0.2, 0.25) is 0 Å². The van der Waals surface area contributed by atoms with Crippen LogP contribution in [-0.2, 0) is 24.1 Å². The molecule has 1 aliphatic carbocycles. The summed E-state index contributed by atoms with van der Waals surface area (Å²) in [4.78, 5) is 11.6. The number of carbonyl (C=O) groups excluding carboxylic acids is 1. The summed E-state index contributed by atoms with van der Waals surface area (Å²) in [5.74, 6) is -1.77. The molecule has 2 aromatic rings. The number of benzene rings is 2. The standard InChI is InChI=1S/C24H27ClF2O4S/c1-23(12-3-5-22(28)31-2)13-4-14-24(16-23,20-15-18(26)8-11-21(20)27)32(29,30)19-9-6-17(25)7-10-19/h6-11,15H,3-5,12-14,16H2,1-2H3/t23-,24-/m0/s1. The molecule has 0 amide bonds. The minimum absolute atomic E-state index is 0.0179. The monoisotopic (exact) mass is 484 g/mol. The Morgan fingerprint density at radius 3 is 2.47 bits per heavy atom. The molecule has 2 aromatic carbocycles. The van der Waals surface area contributed by atoms with Gasteiger partial charge in [0.05, 0.1) is 12.0 Å². The fraction of sp³-hybridized carbons (Fsp3) is 0.458. The van der Waals surface area contributed by atoms with Crippen LogP contribution in [-0.4, -0.2) is 21.5 Å². The van der Waals surface area contributed by atoms with Crippen LogP contribution in [0.2, 0.25) is 5.02 Å². The van der Waals surface area contributed by atoms with Crippen molar-refractivity contribution in [2.45, 2.75) is 61.5 Å². The molecular formula is C24H27ClF2O4S. The van der Waals surface area contributed by atoms with Gasteiger partial charge < -0.3 is 4.74 Å². The van der Waals surface area contributed by atoms with E-state index >= 15 is 4.39 Å². The van der Waals surface area contributed by atoms with Gasteiger partial charge in [-0.2, -0.15) is 0 Å². The highest BCUT2D eigenvalue weighted by molar-refractivity contribution is 7.92. The molecule has 0 radical (unpaired) electrons. The first-order valence-electron chi connectivity index (χ1n) is 10.6. The van der Waals surface area contributed by atoms with Crippen LogP contribution in [0.3, 0.4) is 0 Å². The Labute approximate surface area is 192 Å². The molecule has 0 heterocycles. The van der Waals surface area contributed by atoms with Crippen LogP contribution in [0.25, 0.3) is 0 Å². The Kier molecular flexibility index (Phi) is 7.30. The third-order valence-corrected chi connectivity index (χ3v) is 9.26. The van der Waals surface area contributed by atoms with Crippen molar-refractivity contribution in [1.82, 2.24) is 0 Å². The number of methoxy groups -OCH3 is 1. The maximum absolute atomic E-state index is 15.1. The first-order chi connectivity index (χ1) is 15.0. The Bertz CT molecular complexity index is 1090. The summed E-state index contributed by atoms with van der Waals surface area (Å²) in [5.41, 5.74) is -0.629. The van der Waals surface area contributed by atoms with Crippen LogP contribution in [0, 0.1) is 17.0 Å². The van der Waals surface area contributed by atoms with Crippen molar-refractivity contribution in [3.63, 3.8) is 0 Å². The van der Waals surface area contributed by atoms with Gasteiger partial charge in [0.15, 0.2) is 9.84 Å². The predicted molar refractivity (Wildman–Crippen MR) is 119 cm³/mol. The lowest BCUT2D eigenvalue weighted by Gasteiger charge is -2.46. The van der Waals surface area contributed by atoms with E-state index in [0.717, 1.165) is 24.6 Å². The molecule has 4 nitrogen and oxygen atoms in total. The van der Waals surface area contributed by atoms with Gasteiger partial charge in [0, 0.05) is 17.0 Å². The van der Waals surface area contributed by atoms with E-state index in [2.05, 4.69) is 0 Å². The first-order valence-corrected chi connectivity index (χ1v) is 12.4. The van der Waals surface area contributed by atoms with Crippen molar-refractivity contribution in [3.05, 3.63) is 64.7 Å². The smallest absolute Gasteiger partial charge is 0.305 e. The second-order valence-corrected chi connectivity index (χ2v) is 11.5. The Morgan fingerprint density at radius 2 is 1.81 bits per heavy atom. The van der Waals surface area contributed by atoms with E-state index in [4.69, 9.17) is 16.3 Å². The largest absolute Gasteiger partial charge is 0.469 e. The maximum Gasteiger partial charge on any atom is 0.305 e. The molecule has 0 unspecified atom stereocenters. The number of hydrogen-bond acceptors (Lipinski definition) is 4. The molecule has 1 fully saturated rings. The molecule has 0 N–H and O–H groups in total. The highest BCUT2D eigenvalue weighted by Crippen LogP contribution is 2.55. The minimum Gasteiger partial charge on any atom is -0.469 e. The molecule has 0 spiro atoms. The van der Waals surface area contributed by atoms with Crippen LogP contribution in [0.5, 0.6) is 0 Å². The molecule has 2 atom stereocenters. The first kappa shape index (κ1) is 24.6. The van der Waals surface area contributed by atoms with Crippen molar-refractivity contribution < 1.29 is 26.7 Å². The van der Waals surface area contributed by atoms with Gasteiger partial charge in [-0.1, -0.05) is 24.9 Å². The SMILES string of the molecule is COC(=O)CCC[C@@]1(C)CCC[C@](c2cc(F)ccc2F)(S(=O)(=O)c2ccc(Cl)cc2)C1. The summed E-state index contributed by atoms with van der Waals surface area (Å²) >= 11 is 5.94. The summed E-state index contributed by atoms with van der Waals surface area (Å²) in [7, 11) is -2.79. The average Bonchev–Trinajstić information content (AvgIpc) is 2.75. The minimum atomic E-state index is -4.11. The molecule has 32 heavy (non-hydrogen) atoms. The fourth-order valence-electron chi connectivity index (χ4n) is 4.93. The van der Waals surface area contributed by atoms with Gasteiger partial charge >= 0.3 is 5.97 Å². The zero-order valence-corrected chi connectivity index (χ0v) is 19.7. The number of carbonyl (C=O) groups is 1. The Hall–Kier alpha value is -1.99. The zero-order valence-electron chi connectivity index (χ0n) is 18.2. The van der Waals surface area contributed by atoms with Crippen LogP contribution in [0.1, 0.15) is 57.4 Å². The van der Waals surface area contributed by atoms with Crippen LogP contribution < -0.4 is 0 Å². The predicted octanol–water partition coefficient (Wildman–Crippen LogP) is 6.21. The van der Waals surface area contributed by atoms with Gasteiger partial charge in [-0.3, -0.25) is 4.79 Å². The quantitative estimate of drug-likeness (QED) is 0.438. The van der Waals surface area contributed by atoms with E-state index < -0.39 is 31.6 Å². The molecule has 0 aliphatic heterocycles. The molecule has 0 aromatic heterocycles. The number of rotatable bonds is 7. The summed E-state index contributed by atoms with van der Waals surface area (Å²) in [6.45, 7) is 1.95. The van der Waals surface area contributed by atoms with Gasteiger partial charge in [-0.15, -0.1) is 0 Å². The topological polar surface area (TPSA) is 60.4 Å². The van der Waals surface area contributed by atoms with Crippen molar-refractivity contribution in [2.24, 2.45) is 5.41 Å². The molecule has 0 bridgehead atoms. The highest BCUT2D eigenvalue weighted by atomic mass is 35.5. The molecular weight excluding hydrogens is 458 g/mol. The van der Waals surface area contributed by atoms with Gasteiger partial charge in [0.1, 0.15) is 16.4 Å². The lowest BCUT2D eigenvalue weighted by molar-refractivity contribution is -0.140. The summed E-state index contributed by atoms with van der Waals surface area (Å²) in [6.07, 6.45) is 2.85. The van der Waals surface area contributed by atoms with Crippen LogP contribution in [0.4, 0.5) is 8.78 Å². The summed E-state index contributed by atoms with van der Waals surface area (Å²) in [5, 5.41) is 0.381. The van der Waals surface area contributed by atoms with E-state index in [0.29, 0.717) is 24.3 Å². The molecule has 1 aliphatic rings. The lowest BCUT2D eigenvalue weighted by atomic mass is 9.66. The average molecular weight is 485 g/mol. The van der Waals surface area contributed by atoms with Gasteiger partial charge in [0.25, 0.3) is 0 Å². The van der Waals surface area contributed by atoms with Crippen molar-refractivity contribution in [1.29, 1.82) is 0 Å². The second kappa shape index (κ2) is 9.48. The number of halogens is 3. The van der Waals surface area contributed by atoms with Crippen molar-refractivity contribution in [3.8, 4) is 0 Å². The van der Waals surface area contributed by atoms with Gasteiger partial charge in [-0.25, -0.2) is 17.2 Å². The Morgan fingerprint density at radius 1 is 1.12 bits per heavy atom. The van der Waals surface area contributed by atoms with E-state index in [1.54, 1.807) is 0 Å². The number of sulfone groups is 1. The molecule has 1 saturated carbocycles. The van der Waals surface area contributed by atoms with Crippen molar-refractivity contribution in [2.75, 3.05) is 7.11 Å². The third kappa shape index (κ3) is 4.84. The Balaban J connectivity index is 2.10. The number of ether oxygens (including phenoxy) is 1. The van der Waals surface area contributed by atoms with E-state index in [-0.39, 0.29) is 35.7 Å². The highest BCUT2D eigenvalue weighted by Gasteiger charge is 2.53. The number of hydrogen-bond donors (Lipinski definition) is 0. The zero-order chi connectivity index (χ0) is 23.6. The van der Waals surface area contributed by atoms with E-state index in [1.807, 2.05) is 6.92 Å². The van der Waals surface area contributed by atoms with Gasteiger partial charge in [-0.05, 0) is 80.0 Å². The van der Waals surface area contributed by atoms with Crippen molar-refractivity contribution >= 4 is 27.4 Å². The fourth-order valence-corrected chi connectivity index (χ4v) is 7.40. The van der Waals surface area contributed by atoms with E-state index in [1.165, 1.54) is 31.4 Å².